The van der Waals surface area contributed by atoms with Crippen LogP contribution in [0.15, 0.2) is 30.3 Å². The molecule has 2 aromatic rings. The summed E-state index contributed by atoms with van der Waals surface area (Å²) in [5.41, 5.74) is 1.24. The van der Waals surface area contributed by atoms with E-state index in [4.69, 9.17) is 0 Å². The minimum Gasteiger partial charge on any atom is -0.480 e. The van der Waals surface area contributed by atoms with E-state index >= 15 is 0 Å². The van der Waals surface area contributed by atoms with Crippen LogP contribution in [-0.4, -0.2) is 55.8 Å². The minimum absolute atomic E-state index is 0.0255. The van der Waals surface area contributed by atoms with Crippen molar-refractivity contribution < 1.29 is 14.7 Å². The molecule has 2 N–H and O–H groups in total. The van der Waals surface area contributed by atoms with Gasteiger partial charge in [0.1, 0.15) is 17.7 Å². The first-order valence-electron chi connectivity index (χ1n) is 10.2. The summed E-state index contributed by atoms with van der Waals surface area (Å²) in [5.74, 6) is 0.307. The number of aliphatic carboxylic acids is 1. The lowest BCUT2D eigenvalue weighted by Crippen LogP contribution is -2.52. The molecular weight excluding hydrogens is 370 g/mol. The van der Waals surface area contributed by atoms with Crippen LogP contribution >= 0.6 is 0 Å². The third-order valence-corrected chi connectivity index (χ3v) is 6.36. The van der Waals surface area contributed by atoms with Crippen LogP contribution in [0, 0.1) is 6.92 Å². The summed E-state index contributed by atoms with van der Waals surface area (Å²) in [6.45, 7) is 2.98. The van der Waals surface area contributed by atoms with Gasteiger partial charge in [0.05, 0.1) is 19.6 Å². The number of rotatable bonds is 6. The SMILES string of the molecule is Cc1nnc2n1CC(C(=O)O)N(CC(=O)NCC1(c3ccccc3)CCCC1)C2. The van der Waals surface area contributed by atoms with Crippen molar-refractivity contribution in [2.75, 3.05) is 13.1 Å². The lowest BCUT2D eigenvalue weighted by molar-refractivity contribution is -0.145. The molecule has 0 saturated heterocycles. The van der Waals surface area contributed by atoms with E-state index in [0.29, 0.717) is 24.7 Å². The van der Waals surface area contributed by atoms with Gasteiger partial charge >= 0.3 is 5.97 Å². The van der Waals surface area contributed by atoms with Gasteiger partial charge in [-0.3, -0.25) is 14.5 Å². The molecule has 1 fully saturated rings. The monoisotopic (exact) mass is 397 g/mol. The number of nitrogens with one attached hydrogen (secondary N) is 1. The van der Waals surface area contributed by atoms with Crippen LogP contribution in [0.2, 0.25) is 0 Å². The fourth-order valence-corrected chi connectivity index (χ4v) is 4.68. The van der Waals surface area contributed by atoms with Gasteiger partial charge in [-0.15, -0.1) is 10.2 Å². The number of carbonyl (C=O) groups is 2. The number of carbonyl (C=O) groups excluding carboxylic acids is 1. The predicted octanol–water partition coefficient (Wildman–Crippen LogP) is 1.48. The van der Waals surface area contributed by atoms with Crippen molar-refractivity contribution in [3.8, 4) is 0 Å². The van der Waals surface area contributed by atoms with Gasteiger partial charge < -0.3 is 15.0 Å². The first kappa shape index (κ1) is 19.6. The Morgan fingerprint density at radius 1 is 1.21 bits per heavy atom. The van der Waals surface area contributed by atoms with Gasteiger partial charge in [0.25, 0.3) is 0 Å². The molecule has 4 rings (SSSR count). The van der Waals surface area contributed by atoms with E-state index in [-0.39, 0.29) is 24.4 Å². The number of aromatic nitrogens is 3. The van der Waals surface area contributed by atoms with Crippen molar-refractivity contribution in [1.29, 1.82) is 0 Å². The van der Waals surface area contributed by atoms with Gasteiger partial charge in [-0.05, 0) is 25.3 Å². The fourth-order valence-electron chi connectivity index (χ4n) is 4.68. The fraction of sp³-hybridized carbons (Fsp3) is 0.524. The van der Waals surface area contributed by atoms with Crippen LogP contribution in [0.25, 0.3) is 0 Å². The molecule has 1 saturated carbocycles. The maximum atomic E-state index is 12.7. The molecule has 0 bridgehead atoms. The molecule has 1 aliphatic heterocycles. The van der Waals surface area contributed by atoms with Gasteiger partial charge in [0.15, 0.2) is 0 Å². The molecule has 1 amide bonds. The highest BCUT2D eigenvalue weighted by molar-refractivity contribution is 5.80. The van der Waals surface area contributed by atoms with Crippen LogP contribution in [0.1, 0.15) is 42.9 Å². The molecule has 154 valence electrons. The van der Waals surface area contributed by atoms with Crippen LogP contribution in [-0.2, 0) is 28.1 Å². The smallest absolute Gasteiger partial charge is 0.322 e. The molecule has 0 spiro atoms. The Morgan fingerprint density at radius 3 is 2.62 bits per heavy atom. The molecule has 8 heteroatoms. The number of carboxylic acids is 1. The summed E-state index contributed by atoms with van der Waals surface area (Å²) in [6, 6.07) is 9.60. The number of carboxylic acid groups (broad SMARTS) is 1. The highest BCUT2D eigenvalue weighted by Crippen LogP contribution is 2.40. The van der Waals surface area contributed by atoms with Crippen LogP contribution in [0.5, 0.6) is 0 Å². The highest BCUT2D eigenvalue weighted by Gasteiger charge is 2.37. The standard InChI is InChI=1S/C21H27N5O3/c1-15-23-24-18-12-25(17(20(28)29)11-26(15)18)13-19(27)22-14-21(9-5-6-10-21)16-7-3-2-4-8-16/h2-4,7-8,17H,5-6,9-14H2,1H3,(H,22,27)(H,28,29). The normalized spacial score (nSPS) is 20.9. The average molecular weight is 397 g/mol. The lowest BCUT2D eigenvalue weighted by atomic mass is 9.79. The average Bonchev–Trinajstić information content (AvgIpc) is 3.34. The third kappa shape index (κ3) is 3.89. The van der Waals surface area contributed by atoms with E-state index in [1.54, 1.807) is 4.90 Å². The van der Waals surface area contributed by atoms with Gasteiger partial charge in [-0.25, -0.2) is 0 Å². The number of nitrogens with zero attached hydrogens (tertiary/aromatic N) is 4. The predicted molar refractivity (Wildman–Crippen MR) is 106 cm³/mol. The van der Waals surface area contributed by atoms with Gasteiger partial charge in [0.2, 0.25) is 5.91 Å². The zero-order valence-corrected chi connectivity index (χ0v) is 16.7. The Bertz CT molecular complexity index is 889. The maximum absolute atomic E-state index is 12.7. The topological polar surface area (TPSA) is 100 Å². The molecular formula is C21H27N5O3. The summed E-state index contributed by atoms with van der Waals surface area (Å²) in [7, 11) is 0. The molecule has 0 radical (unpaired) electrons. The molecule has 1 aromatic carbocycles. The van der Waals surface area contributed by atoms with E-state index in [1.165, 1.54) is 5.56 Å². The molecule has 1 aliphatic carbocycles. The number of benzene rings is 1. The highest BCUT2D eigenvalue weighted by atomic mass is 16.4. The van der Waals surface area contributed by atoms with Gasteiger partial charge in [-0.2, -0.15) is 0 Å². The third-order valence-electron chi connectivity index (χ3n) is 6.36. The second-order valence-electron chi connectivity index (χ2n) is 8.16. The Labute approximate surface area is 169 Å². The van der Waals surface area contributed by atoms with Crippen LogP contribution in [0.3, 0.4) is 0 Å². The zero-order chi connectivity index (χ0) is 20.4. The second-order valence-corrected chi connectivity index (χ2v) is 8.16. The van der Waals surface area contributed by atoms with Gasteiger partial charge in [0, 0.05) is 12.0 Å². The van der Waals surface area contributed by atoms with Crippen molar-refractivity contribution in [1.82, 2.24) is 25.0 Å². The number of aryl methyl sites for hydroxylation is 1. The molecule has 8 nitrogen and oxygen atoms in total. The summed E-state index contributed by atoms with van der Waals surface area (Å²) in [5, 5.41) is 20.9. The van der Waals surface area contributed by atoms with E-state index < -0.39 is 12.0 Å². The molecule has 1 aromatic heterocycles. The molecule has 29 heavy (non-hydrogen) atoms. The van der Waals surface area contributed by atoms with E-state index in [0.717, 1.165) is 25.7 Å². The van der Waals surface area contributed by atoms with Crippen molar-refractivity contribution in [3.05, 3.63) is 47.5 Å². The number of hydrogen-bond donors (Lipinski definition) is 2. The Balaban J connectivity index is 1.43. The number of amides is 1. The molecule has 1 atom stereocenters. The van der Waals surface area contributed by atoms with E-state index in [9.17, 15) is 14.7 Å². The number of hydrogen-bond acceptors (Lipinski definition) is 5. The summed E-state index contributed by atoms with van der Waals surface area (Å²) in [6.07, 6.45) is 4.43. The first-order valence-corrected chi connectivity index (χ1v) is 10.2. The van der Waals surface area contributed by atoms with Crippen LogP contribution < -0.4 is 5.32 Å². The maximum Gasteiger partial charge on any atom is 0.322 e. The zero-order valence-electron chi connectivity index (χ0n) is 16.7. The van der Waals surface area contributed by atoms with Crippen molar-refractivity contribution >= 4 is 11.9 Å². The van der Waals surface area contributed by atoms with E-state index in [1.807, 2.05) is 29.7 Å². The number of fused-ring (bicyclic) bond motifs is 1. The lowest BCUT2D eigenvalue weighted by Gasteiger charge is -2.34. The van der Waals surface area contributed by atoms with Crippen LogP contribution in [0.4, 0.5) is 0 Å². The Morgan fingerprint density at radius 2 is 1.93 bits per heavy atom. The van der Waals surface area contributed by atoms with Crippen molar-refractivity contribution in [3.63, 3.8) is 0 Å². The van der Waals surface area contributed by atoms with E-state index in [2.05, 4.69) is 27.6 Å². The van der Waals surface area contributed by atoms with Crippen molar-refractivity contribution in [2.45, 2.75) is 57.2 Å². The Hall–Kier alpha value is -2.74. The Kier molecular flexibility index (Phi) is 5.36. The second kappa shape index (κ2) is 7.94. The van der Waals surface area contributed by atoms with Crippen molar-refractivity contribution in [2.24, 2.45) is 0 Å². The van der Waals surface area contributed by atoms with Gasteiger partial charge in [-0.1, -0.05) is 43.2 Å². The quantitative estimate of drug-likeness (QED) is 0.766. The summed E-state index contributed by atoms with van der Waals surface area (Å²) in [4.78, 5) is 26.2. The molecule has 1 unspecified atom stereocenters. The largest absolute Gasteiger partial charge is 0.480 e. The molecule has 2 heterocycles. The first-order chi connectivity index (χ1) is 14.0. The summed E-state index contributed by atoms with van der Waals surface area (Å²) >= 11 is 0. The summed E-state index contributed by atoms with van der Waals surface area (Å²) < 4.78 is 1.82. The molecule has 2 aliphatic rings. The minimum atomic E-state index is -0.937.